The number of fused-ring (bicyclic) bond motifs is 1. The first-order chi connectivity index (χ1) is 17.2. The number of anilines is 1. The molecule has 1 heterocycles. The molecule has 186 valence electrons. The van der Waals surface area contributed by atoms with Crippen molar-refractivity contribution in [1.82, 2.24) is 4.98 Å². The van der Waals surface area contributed by atoms with Gasteiger partial charge in [-0.15, -0.1) is 0 Å². The van der Waals surface area contributed by atoms with E-state index < -0.39 is 5.91 Å². The number of benzene rings is 2. The fourth-order valence-electron chi connectivity index (χ4n) is 4.88. The van der Waals surface area contributed by atoms with E-state index in [-0.39, 0.29) is 0 Å². The number of primary amides is 1. The first-order valence-corrected chi connectivity index (χ1v) is 12.6. The first kappa shape index (κ1) is 25.2. The Morgan fingerprint density at radius 3 is 2.64 bits per heavy atom. The summed E-state index contributed by atoms with van der Waals surface area (Å²) < 4.78 is 0. The fraction of sp³-hybridized carbons (Fsp3) is 0.290. The van der Waals surface area contributed by atoms with Crippen LogP contribution in [0.3, 0.4) is 0 Å². The highest BCUT2D eigenvalue weighted by Crippen LogP contribution is 2.38. The van der Waals surface area contributed by atoms with Crippen LogP contribution in [0.25, 0.3) is 27.6 Å². The van der Waals surface area contributed by atoms with Gasteiger partial charge in [-0.25, -0.2) is 0 Å². The van der Waals surface area contributed by atoms with Gasteiger partial charge in [-0.3, -0.25) is 9.79 Å². The van der Waals surface area contributed by atoms with Crippen molar-refractivity contribution in [2.24, 2.45) is 16.6 Å². The average molecular weight is 481 g/mol. The third-order valence-electron chi connectivity index (χ3n) is 6.91. The summed E-state index contributed by atoms with van der Waals surface area (Å²) in [6.45, 7) is 14.5. The average Bonchev–Trinajstić information content (AvgIpc) is 3.29. The molecular formula is C31H36N4O. The molecule has 0 saturated carbocycles. The second-order valence-corrected chi connectivity index (χ2v) is 9.92. The van der Waals surface area contributed by atoms with E-state index in [9.17, 15) is 4.79 Å². The number of carbonyl (C=O) groups is 1. The topological polar surface area (TPSA) is 83.3 Å². The molecule has 0 aliphatic heterocycles. The lowest BCUT2D eigenvalue weighted by Gasteiger charge is -2.17. The molecule has 4 rings (SSSR count). The van der Waals surface area contributed by atoms with Crippen LogP contribution in [0.2, 0.25) is 0 Å². The van der Waals surface area contributed by atoms with Crippen LogP contribution in [0.5, 0.6) is 0 Å². The number of hydrogen-bond acceptors (Lipinski definition) is 3. The Bertz CT molecular complexity index is 1430. The number of carbonyl (C=O) groups excluding carboxylic acids is 1. The molecule has 1 atom stereocenters. The summed E-state index contributed by atoms with van der Waals surface area (Å²) in [6.07, 6.45) is 7.55. The third-order valence-corrected chi connectivity index (χ3v) is 6.91. The minimum atomic E-state index is -0.430. The number of H-pyrrole nitrogens is 1. The lowest BCUT2D eigenvalue weighted by molar-refractivity contribution is 0.100. The molecule has 0 bridgehead atoms. The van der Waals surface area contributed by atoms with Crippen molar-refractivity contribution < 1.29 is 4.79 Å². The zero-order valence-corrected chi connectivity index (χ0v) is 22.0. The quantitative estimate of drug-likeness (QED) is 0.238. The molecule has 1 amide bonds. The summed E-state index contributed by atoms with van der Waals surface area (Å²) >= 11 is 0. The second kappa shape index (κ2) is 10.4. The Morgan fingerprint density at radius 2 is 2.00 bits per heavy atom. The van der Waals surface area contributed by atoms with Gasteiger partial charge in [-0.05, 0) is 93.3 Å². The molecule has 0 saturated heterocycles. The van der Waals surface area contributed by atoms with E-state index in [0.717, 1.165) is 68.9 Å². The minimum absolute atomic E-state index is 0.430. The van der Waals surface area contributed by atoms with E-state index in [1.54, 1.807) is 0 Å². The molecule has 5 heteroatoms. The molecule has 0 fully saturated rings. The van der Waals surface area contributed by atoms with E-state index in [4.69, 9.17) is 5.73 Å². The molecule has 0 radical (unpaired) electrons. The molecule has 36 heavy (non-hydrogen) atoms. The molecule has 1 aromatic heterocycles. The lowest BCUT2D eigenvalue weighted by Crippen LogP contribution is -2.11. The highest BCUT2D eigenvalue weighted by molar-refractivity contribution is 6.10. The summed E-state index contributed by atoms with van der Waals surface area (Å²) in [5.41, 5.74) is 16.2. The highest BCUT2D eigenvalue weighted by Gasteiger charge is 2.19. The van der Waals surface area contributed by atoms with Gasteiger partial charge in [0.2, 0.25) is 0 Å². The van der Waals surface area contributed by atoms with Gasteiger partial charge in [0.25, 0.3) is 5.91 Å². The summed E-state index contributed by atoms with van der Waals surface area (Å²) in [5.74, 6) is 0.276. The van der Waals surface area contributed by atoms with Gasteiger partial charge in [-0.1, -0.05) is 43.9 Å². The van der Waals surface area contributed by atoms with Gasteiger partial charge < -0.3 is 16.0 Å². The number of nitrogens with two attached hydrogens (primary N) is 1. The van der Waals surface area contributed by atoms with Crippen molar-refractivity contribution in [1.29, 1.82) is 0 Å². The number of rotatable bonds is 7. The maximum atomic E-state index is 12.3. The molecule has 3 aromatic rings. The van der Waals surface area contributed by atoms with Crippen LogP contribution in [0, 0.1) is 12.8 Å². The van der Waals surface area contributed by atoms with Gasteiger partial charge in [0.15, 0.2) is 0 Å². The van der Waals surface area contributed by atoms with Gasteiger partial charge in [0.1, 0.15) is 0 Å². The summed E-state index contributed by atoms with van der Waals surface area (Å²) in [7, 11) is 0. The van der Waals surface area contributed by atoms with Crippen molar-refractivity contribution in [2.75, 3.05) is 5.32 Å². The molecule has 1 aliphatic carbocycles. The Hall–Kier alpha value is -3.86. The molecule has 4 N–H and O–H groups in total. The number of hydrogen-bond donors (Lipinski definition) is 3. The first-order valence-electron chi connectivity index (χ1n) is 12.6. The maximum Gasteiger partial charge on any atom is 0.250 e. The van der Waals surface area contributed by atoms with Gasteiger partial charge in [0.05, 0.1) is 22.5 Å². The summed E-state index contributed by atoms with van der Waals surface area (Å²) in [4.78, 5) is 20.4. The van der Waals surface area contributed by atoms with Crippen LogP contribution in [0.4, 0.5) is 5.69 Å². The predicted octanol–water partition coefficient (Wildman–Crippen LogP) is 7.76. The number of amides is 1. The number of allylic oxidation sites excluding steroid dienone is 3. The largest absolute Gasteiger partial charge is 0.366 e. The Morgan fingerprint density at radius 1 is 1.22 bits per heavy atom. The lowest BCUT2D eigenvalue weighted by atomic mass is 9.89. The fourth-order valence-corrected chi connectivity index (χ4v) is 4.88. The van der Waals surface area contributed by atoms with E-state index in [1.807, 2.05) is 51.1 Å². The number of aromatic nitrogens is 1. The van der Waals surface area contributed by atoms with E-state index in [0.29, 0.717) is 11.5 Å². The van der Waals surface area contributed by atoms with Crippen LogP contribution in [-0.4, -0.2) is 16.6 Å². The molecule has 1 aliphatic rings. The van der Waals surface area contributed by atoms with Gasteiger partial charge >= 0.3 is 0 Å². The van der Waals surface area contributed by atoms with E-state index in [2.05, 4.69) is 53.9 Å². The monoisotopic (exact) mass is 480 g/mol. The van der Waals surface area contributed by atoms with Gasteiger partial charge in [0, 0.05) is 22.5 Å². The highest BCUT2D eigenvalue weighted by atomic mass is 16.1. The van der Waals surface area contributed by atoms with Crippen molar-refractivity contribution >= 4 is 33.8 Å². The van der Waals surface area contributed by atoms with Crippen molar-refractivity contribution in [3.63, 3.8) is 0 Å². The van der Waals surface area contributed by atoms with Gasteiger partial charge in [-0.2, -0.15) is 0 Å². The number of nitrogens with zero attached hydrogens (tertiary/aromatic N) is 1. The van der Waals surface area contributed by atoms with Crippen LogP contribution < -0.4 is 11.1 Å². The number of aromatic amines is 1. The van der Waals surface area contributed by atoms with Crippen LogP contribution in [0.15, 0.2) is 71.5 Å². The number of nitrogens with one attached hydrogen (secondary N) is 2. The molecule has 2 aromatic carbocycles. The predicted molar refractivity (Wildman–Crippen MR) is 153 cm³/mol. The Balaban J connectivity index is 1.80. The Kier molecular flexibility index (Phi) is 7.30. The van der Waals surface area contributed by atoms with Crippen LogP contribution >= 0.6 is 0 Å². The molecular weight excluding hydrogens is 444 g/mol. The zero-order chi connectivity index (χ0) is 26.0. The zero-order valence-electron chi connectivity index (χ0n) is 22.0. The van der Waals surface area contributed by atoms with Crippen LogP contribution in [0.1, 0.15) is 68.6 Å². The van der Waals surface area contributed by atoms with Crippen molar-refractivity contribution in [3.05, 3.63) is 83.3 Å². The Labute approximate surface area is 213 Å². The molecule has 0 spiro atoms. The van der Waals surface area contributed by atoms with Crippen LogP contribution in [-0.2, 0) is 0 Å². The van der Waals surface area contributed by atoms with E-state index >= 15 is 0 Å². The molecule has 5 nitrogen and oxygen atoms in total. The second-order valence-electron chi connectivity index (χ2n) is 9.92. The molecule has 1 unspecified atom stereocenters. The normalized spacial score (nSPS) is 16.0. The third kappa shape index (κ3) is 5.06. The van der Waals surface area contributed by atoms with Crippen molar-refractivity contribution in [3.8, 4) is 11.1 Å². The van der Waals surface area contributed by atoms with E-state index in [1.165, 1.54) is 12.0 Å². The maximum absolute atomic E-state index is 12.3. The smallest absolute Gasteiger partial charge is 0.250 e. The standard InChI is InChI=1S/C31H36N4O/c1-7-27(33-18(2)3)21(6)34-28-10-8-9-23(20(28)5)24-15-16-25(31(32)36)30-26(24)17-29(35-30)22-13-11-19(4)12-14-22/h7-10,13,15-17,19,34-35H,6,11-12,14H2,1-5H3,(H2,32,36)/b27-7-. The van der Waals surface area contributed by atoms with Crippen molar-refractivity contribution in [2.45, 2.75) is 53.9 Å². The summed E-state index contributed by atoms with van der Waals surface area (Å²) in [5, 5.41) is 4.45. The SMILES string of the molecule is C=C(Nc1cccc(-c2ccc(C(N)=O)c3[nH]c(C4=CCC(C)CC4)cc23)c1C)/C(=C/C)N=C(C)C. The number of aliphatic imine (C=N–C) groups is 1. The minimum Gasteiger partial charge on any atom is -0.366 e. The summed E-state index contributed by atoms with van der Waals surface area (Å²) in [6, 6.07) is 12.2.